The van der Waals surface area contributed by atoms with E-state index in [-0.39, 0.29) is 42.4 Å². The molecule has 2 heterocycles. The monoisotopic (exact) mass is 417 g/mol. The van der Waals surface area contributed by atoms with Crippen molar-refractivity contribution in [3.63, 3.8) is 0 Å². The Bertz CT molecular complexity index is 772. The third-order valence-corrected chi connectivity index (χ3v) is 6.05. The van der Waals surface area contributed by atoms with E-state index in [4.69, 9.17) is 0 Å². The molecule has 0 bridgehead atoms. The van der Waals surface area contributed by atoms with E-state index in [0.717, 1.165) is 25.9 Å². The number of nitrogens with one attached hydrogen (secondary N) is 1. The second-order valence-electron chi connectivity index (χ2n) is 9.08. The average molecular weight is 418 g/mol. The second-order valence-corrected chi connectivity index (χ2v) is 9.08. The SMILES string of the molecule is CC(C)CC(NC(=O)C1CC(=O)N(c2ccc(F)cc2)C1)C(=O)N1CCC(C)CC1. The molecule has 7 heteroatoms. The van der Waals surface area contributed by atoms with Gasteiger partial charge >= 0.3 is 0 Å². The lowest BCUT2D eigenvalue weighted by atomic mass is 9.96. The molecule has 2 aliphatic rings. The Hall–Kier alpha value is -2.44. The van der Waals surface area contributed by atoms with Crippen molar-refractivity contribution in [2.75, 3.05) is 24.5 Å². The lowest BCUT2D eigenvalue weighted by Gasteiger charge is -2.34. The van der Waals surface area contributed by atoms with Crippen molar-refractivity contribution in [1.29, 1.82) is 0 Å². The highest BCUT2D eigenvalue weighted by molar-refractivity contribution is 6.01. The van der Waals surface area contributed by atoms with Crippen molar-refractivity contribution >= 4 is 23.4 Å². The molecular formula is C23H32FN3O3. The predicted molar refractivity (Wildman–Crippen MR) is 113 cm³/mol. The summed E-state index contributed by atoms with van der Waals surface area (Å²) >= 11 is 0. The number of halogens is 1. The number of hydrogen-bond donors (Lipinski definition) is 1. The second kappa shape index (κ2) is 9.58. The van der Waals surface area contributed by atoms with Gasteiger partial charge in [-0.05, 0) is 55.4 Å². The van der Waals surface area contributed by atoms with Crippen LogP contribution in [0.3, 0.4) is 0 Å². The minimum absolute atomic E-state index is 0.0244. The number of amides is 3. The molecule has 0 spiro atoms. The van der Waals surface area contributed by atoms with Crippen LogP contribution in [0.15, 0.2) is 24.3 Å². The van der Waals surface area contributed by atoms with Crippen LogP contribution in [0.1, 0.15) is 46.5 Å². The van der Waals surface area contributed by atoms with E-state index < -0.39 is 12.0 Å². The minimum Gasteiger partial charge on any atom is -0.344 e. The molecule has 0 radical (unpaired) electrons. The zero-order valence-corrected chi connectivity index (χ0v) is 18.1. The molecule has 1 N–H and O–H groups in total. The van der Waals surface area contributed by atoms with Crippen LogP contribution in [-0.4, -0.2) is 48.3 Å². The van der Waals surface area contributed by atoms with E-state index in [9.17, 15) is 18.8 Å². The van der Waals surface area contributed by atoms with E-state index >= 15 is 0 Å². The first-order valence-electron chi connectivity index (χ1n) is 10.9. The van der Waals surface area contributed by atoms with Gasteiger partial charge in [0, 0.05) is 31.7 Å². The first-order valence-corrected chi connectivity index (χ1v) is 10.9. The van der Waals surface area contributed by atoms with Crippen LogP contribution in [-0.2, 0) is 14.4 Å². The summed E-state index contributed by atoms with van der Waals surface area (Å²) in [6, 6.07) is 5.10. The maximum Gasteiger partial charge on any atom is 0.245 e. The molecule has 2 aliphatic heterocycles. The van der Waals surface area contributed by atoms with E-state index in [2.05, 4.69) is 12.2 Å². The summed E-state index contributed by atoms with van der Waals surface area (Å²) in [6.45, 7) is 7.94. The van der Waals surface area contributed by atoms with Gasteiger partial charge in [0.1, 0.15) is 11.9 Å². The van der Waals surface area contributed by atoms with Crippen molar-refractivity contribution in [3.8, 4) is 0 Å². The van der Waals surface area contributed by atoms with Crippen molar-refractivity contribution in [3.05, 3.63) is 30.1 Å². The Morgan fingerprint density at radius 2 is 1.80 bits per heavy atom. The van der Waals surface area contributed by atoms with Crippen molar-refractivity contribution in [1.82, 2.24) is 10.2 Å². The quantitative estimate of drug-likeness (QED) is 0.774. The van der Waals surface area contributed by atoms with Gasteiger partial charge in [-0.1, -0.05) is 20.8 Å². The lowest BCUT2D eigenvalue weighted by Crippen LogP contribution is -2.52. The largest absolute Gasteiger partial charge is 0.344 e. The lowest BCUT2D eigenvalue weighted by molar-refractivity contribution is -0.138. The molecule has 6 nitrogen and oxygen atoms in total. The summed E-state index contributed by atoms with van der Waals surface area (Å²) in [4.78, 5) is 41.8. The molecule has 0 aliphatic carbocycles. The van der Waals surface area contributed by atoms with E-state index in [1.807, 2.05) is 18.7 Å². The third-order valence-electron chi connectivity index (χ3n) is 6.05. The molecule has 3 rings (SSSR count). The van der Waals surface area contributed by atoms with Crippen LogP contribution >= 0.6 is 0 Å². The number of carbonyl (C=O) groups excluding carboxylic acids is 3. The van der Waals surface area contributed by atoms with Crippen molar-refractivity contribution in [2.45, 2.75) is 52.5 Å². The van der Waals surface area contributed by atoms with Crippen LogP contribution in [0.2, 0.25) is 0 Å². The van der Waals surface area contributed by atoms with Gasteiger partial charge in [0.15, 0.2) is 0 Å². The summed E-state index contributed by atoms with van der Waals surface area (Å²) in [5.41, 5.74) is 0.578. The summed E-state index contributed by atoms with van der Waals surface area (Å²) in [5.74, 6) is -0.481. The molecule has 0 saturated carbocycles. The fourth-order valence-corrected chi connectivity index (χ4v) is 4.19. The van der Waals surface area contributed by atoms with Gasteiger partial charge in [0.25, 0.3) is 0 Å². The van der Waals surface area contributed by atoms with Gasteiger partial charge in [0.2, 0.25) is 17.7 Å². The normalized spacial score (nSPS) is 21.2. The minimum atomic E-state index is -0.569. The van der Waals surface area contributed by atoms with Crippen LogP contribution in [0, 0.1) is 23.6 Å². The van der Waals surface area contributed by atoms with Crippen molar-refractivity contribution < 1.29 is 18.8 Å². The van der Waals surface area contributed by atoms with E-state index in [1.54, 1.807) is 0 Å². The molecule has 1 aromatic rings. The Balaban J connectivity index is 1.64. The van der Waals surface area contributed by atoms with Gasteiger partial charge in [-0.15, -0.1) is 0 Å². The van der Waals surface area contributed by atoms with Gasteiger partial charge in [0.05, 0.1) is 5.92 Å². The molecule has 0 aromatic heterocycles. The fourth-order valence-electron chi connectivity index (χ4n) is 4.19. The third kappa shape index (κ3) is 5.37. The number of hydrogen-bond acceptors (Lipinski definition) is 3. The number of nitrogens with zero attached hydrogens (tertiary/aromatic N) is 2. The predicted octanol–water partition coefficient (Wildman–Crippen LogP) is 2.97. The molecule has 1 aromatic carbocycles. The molecule has 164 valence electrons. The molecular weight excluding hydrogens is 385 g/mol. The molecule has 3 amide bonds. The highest BCUT2D eigenvalue weighted by atomic mass is 19.1. The zero-order chi connectivity index (χ0) is 21.8. The summed E-state index contributed by atoms with van der Waals surface area (Å²) in [7, 11) is 0. The Morgan fingerprint density at radius 3 is 2.40 bits per heavy atom. The first-order chi connectivity index (χ1) is 14.2. The van der Waals surface area contributed by atoms with Gasteiger partial charge in [-0.25, -0.2) is 4.39 Å². The topological polar surface area (TPSA) is 69.7 Å². The summed E-state index contributed by atoms with van der Waals surface area (Å²) < 4.78 is 13.2. The fraction of sp³-hybridized carbons (Fsp3) is 0.609. The molecule has 2 fully saturated rings. The van der Waals surface area contributed by atoms with Gasteiger partial charge in [-0.2, -0.15) is 0 Å². The number of piperidine rings is 1. The summed E-state index contributed by atoms with van der Waals surface area (Å²) in [6.07, 6.45) is 2.63. The van der Waals surface area contributed by atoms with Crippen LogP contribution in [0.5, 0.6) is 0 Å². The number of anilines is 1. The zero-order valence-electron chi connectivity index (χ0n) is 18.1. The molecule has 2 saturated heterocycles. The maximum atomic E-state index is 13.2. The molecule has 2 unspecified atom stereocenters. The van der Waals surface area contributed by atoms with Gasteiger partial charge < -0.3 is 15.1 Å². The van der Waals surface area contributed by atoms with Crippen LogP contribution in [0.25, 0.3) is 0 Å². The molecule has 2 atom stereocenters. The average Bonchev–Trinajstić information content (AvgIpc) is 3.09. The Labute approximate surface area is 177 Å². The Morgan fingerprint density at radius 1 is 1.17 bits per heavy atom. The smallest absolute Gasteiger partial charge is 0.245 e. The number of rotatable bonds is 6. The number of carbonyl (C=O) groups is 3. The van der Waals surface area contributed by atoms with Crippen LogP contribution < -0.4 is 10.2 Å². The number of likely N-dealkylation sites (tertiary alicyclic amines) is 1. The van der Waals surface area contributed by atoms with Crippen LogP contribution in [0.4, 0.5) is 10.1 Å². The van der Waals surface area contributed by atoms with Crippen molar-refractivity contribution in [2.24, 2.45) is 17.8 Å². The first kappa shape index (κ1) is 22.2. The summed E-state index contributed by atoms with van der Waals surface area (Å²) in [5, 5.41) is 2.93. The van der Waals surface area contributed by atoms with E-state index in [1.165, 1.54) is 29.2 Å². The number of benzene rings is 1. The highest BCUT2D eigenvalue weighted by Crippen LogP contribution is 2.26. The van der Waals surface area contributed by atoms with Gasteiger partial charge in [-0.3, -0.25) is 14.4 Å². The highest BCUT2D eigenvalue weighted by Gasteiger charge is 2.37. The van der Waals surface area contributed by atoms with E-state index in [0.29, 0.717) is 18.0 Å². The standard InChI is InChI=1S/C23H32FN3O3/c1-15(2)12-20(23(30)26-10-8-16(3)9-11-26)25-22(29)17-13-21(28)27(14-17)19-6-4-18(24)5-7-19/h4-7,15-17,20H,8-14H2,1-3H3,(H,25,29). The molecule has 30 heavy (non-hydrogen) atoms. The Kier molecular flexibility index (Phi) is 7.10. The maximum absolute atomic E-state index is 13.2.